The van der Waals surface area contributed by atoms with Gasteiger partial charge in [-0.2, -0.15) is 0 Å². The molecule has 0 saturated carbocycles. The van der Waals surface area contributed by atoms with Crippen LogP contribution >= 0.6 is 15.9 Å². The molecule has 0 saturated heterocycles. The lowest BCUT2D eigenvalue weighted by molar-refractivity contribution is 0.0128. The zero-order chi connectivity index (χ0) is 13.9. The lowest BCUT2D eigenvalue weighted by Gasteiger charge is -2.28. The van der Waals surface area contributed by atoms with Crippen LogP contribution in [0.2, 0.25) is 0 Å². The Hall–Kier alpha value is -0.540. The number of hydrogen-bond acceptors (Lipinski definition) is 2. The van der Waals surface area contributed by atoms with Gasteiger partial charge in [0, 0.05) is 17.6 Å². The van der Waals surface area contributed by atoms with E-state index < -0.39 is 0 Å². The Labute approximate surface area is 119 Å². The van der Waals surface area contributed by atoms with Crippen LogP contribution in [0.15, 0.2) is 16.6 Å². The number of rotatable bonds is 5. The van der Waals surface area contributed by atoms with Crippen LogP contribution in [0.5, 0.6) is 0 Å². The fraction of sp³-hybridized carbons (Fsp3) is 0.600. The van der Waals surface area contributed by atoms with Gasteiger partial charge in [0.05, 0.1) is 11.3 Å². The van der Waals surface area contributed by atoms with Crippen molar-refractivity contribution >= 4 is 21.6 Å². The first-order valence-corrected chi connectivity index (χ1v) is 7.13. The highest BCUT2D eigenvalue weighted by Gasteiger charge is 2.20. The maximum Gasteiger partial charge on any atom is 0.0642 e. The molecule has 3 heteroatoms. The molecule has 0 amide bonds. The minimum Gasteiger partial charge on any atom is -0.381 e. The molecule has 18 heavy (non-hydrogen) atoms. The number of methoxy groups -OCH3 is 1. The number of ether oxygens (including phenoxy) is 1. The van der Waals surface area contributed by atoms with Crippen LogP contribution in [0.3, 0.4) is 0 Å². The quantitative estimate of drug-likeness (QED) is 0.852. The molecule has 0 heterocycles. The van der Waals surface area contributed by atoms with Crippen molar-refractivity contribution in [3.63, 3.8) is 0 Å². The number of nitrogens with one attached hydrogen (secondary N) is 1. The van der Waals surface area contributed by atoms with Gasteiger partial charge in [0.15, 0.2) is 0 Å². The molecule has 0 spiro atoms. The summed E-state index contributed by atoms with van der Waals surface area (Å²) in [5, 5.41) is 3.57. The summed E-state index contributed by atoms with van der Waals surface area (Å²) < 4.78 is 6.60. The van der Waals surface area contributed by atoms with Gasteiger partial charge in [-0.15, -0.1) is 0 Å². The zero-order valence-corrected chi connectivity index (χ0v) is 13.8. The van der Waals surface area contributed by atoms with Gasteiger partial charge in [0.25, 0.3) is 0 Å². The molecule has 2 nitrogen and oxygen atoms in total. The highest BCUT2D eigenvalue weighted by atomic mass is 79.9. The van der Waals surface area contributed by atoms with Crippen molar-refractivity contribution in [3.05, 3.63) is 27.7 Å². The number of aryl methyl sites for hydroxylation is 2. The Bertz CT molecular complexity index is 392. The fourth-order valence-electron chi connectivity index (χ4n) is 2.22. The van der Waals surface area contributed by atoms with Crippen LogP contribution in [-0.2, 0) is 4.74 Å². The van der Waals surface area contributed by atoms with E-state index >= 15 is 0 Å². The van der Waals surface area contributed by atoms with Gasteiger partial charge in [0.1, 0.15) is 0 Å². The van der Waals surface area contributed by atoms with Crippen molar-refractivity contribution in [1.29, 1.82) is 0 Å². The summed E-state index contributed by atoms with van der Waals surface area (Å²) in [6, 6.07) is 4.70. The topological polar surface area (TPSA) is 21.3 Å². The SMILES string of the molecule is COC(C)(C)CC(C)Nc1c(C)cc(C)cc1Br. The van der Waals surface area contributed by atoms with E-state index in [2.05, 4.69) is 68.0 Å². The van der Waals surface area contributed by atoms with Crippen molar-refractivity contribution in [2.75, 3.05) is 12.4 Å². The third-order valence-electron chi connectivity index (χ3n) is 3.17. The van der Waals surface area contributed by atoms with E-state index in [0.29, 0.717) is 6.04 Å². The maximum atomic E-state index is 5.47. The van der Waals surface area contributed by atoms with Gasteiger partial charge in [0.2, 0.25) is 0 Å². The molecule has 1 atom stereocenters. The predicted molar refractivity (Wildman–Crippen MR) is 82.4 cm³/mol. The van der Waals surface area contributed by atoms with Crippen molar-refractivity contribution in [1.82, 2.24) is 0 Å². The Balaban J connectivity index is 2.79. The predicted octanol–water partition coefficient (Wildman–Crippen LogP) is 4.68. The largest absolute Gasteiger partial charge is 0.381 e. The summed E-state index contributed by atoms with van der Waals surface area (Å²) in [7, 11) is 1.76. The van der Waals surface area contributed by atoms with E-state index in [1.807, 2.05) is 0 Å². The van der Waals surface area contributed by atoms with E-state index in [1.54, 1.807) is 7.11 Å². The highest BCUT2D eigenvalue weighted by Crippen LogP contribution is 2.29. The molecular weight excluding hydrogens is 290 g/mol. The second kappa shape index (κ2) is 6.07. The maximum absolute atomic E-state index is 5.47. The highest BCUT2D eigenvalue weighted by molar-refractivity contribution is 9.10. The summed E-state index contributed by atoms with van der Waals surface area (Å²) in [5.41, 5.74) is 3.62. The minimum absolute atomic E-state index is 0.0997. The molecule has 0 radical (unpaired) electrons. The third kappa shape index (κ3) is 4.29. The molecule has 1 rings (SSSR count). The Morgan fingerprint density at radius 1 is 1.33 bits per heavy atom. The Morgan fingerprint density at radius 3 is 2.44 bits per heavy atom. The van der Waals surface area contributed by atoms with Crippen molar-refractivity contribution in [3.8, 4) is 0 Å². The molecule has 0 fully saturated rings. The number of benzene rings is 1. The standard InChI is InChI=1S/C15H24BrNO/c1-10-7-11(2)14(13(16)8-10)17-12(3)9-15(4,5)18-6/h7-8,12,17H,9H2,1-6H3. The summed E-state index contributed by atoms with van der Waals surface area (Å²) in [5.74, 6) is 0. The van der Waals surface area contributed by atoms with Crippen molar-refractivity contribution in [2.45, 2.75) is 52.7 Å². The first-order chi connectivity index (χ1) is 8.25. The number of halogens is 1. The third-order valence-corrected chi connectivity index (χ3v) is 3.80. The molecule has 0 aliphatic carbocycles. The van der Waals surface area contributed by atoms with Gasteiger partial charge in [-0.3, -0.25) is 0 Å². The normalized spacial score (nSPS) is 13.5. The van der Waals surface area contributed by atoms with Crippen LogP contribution in [0.25, 0.3) is 0 Å². The smallest absolute Gasteiger partial charge is 0.0642 e. The van der Waals surface area contributed by atoms with E-state index in [-0.39, 0.29) is 5.60 Å². The number of anilines is 1. The lowest BCUT2D eigenvalue weighted by atomic mass is 9.99. The van der Waals surface area contributed by atoms with Crippen LogP contribution in [-0.4, -0.2) is 18.8 Å². The molecule has 0 aliphatic rings. The Morgan fingerprint density at radius 2 is 1.94 bits per heavy atom. The number of hydrogen-bond donors (Lipinski definition) is 1. The molecule has 1 aromatic rings. The van der Waals surface area contributed by atoms with Crippen molar-refractivity contribution < 1.29 is 4.74 Å². The molecule has 102 valence electrons. The second-order valence-corrected chi connectivity index (χ2v) is 6.51. The first kappa shape index (κ1) is 15.5. The van der Waals surface area contributed by atoms with E-state index in [0.717, 1.165) is 10.9 Å². The zero-order valence-electron chi connectivity index (χ0n) is 12.2. The molecule has 1 aromatic carbocycles. The first-order valence-electron chi connectivity index (χ1n) is 6.33. The minimum atomic E-state index is -0.0997. The second-order valence-electron chi connectivity index (χ2n) is 5.65. The summed E-state index contributed by atoms with van der Waals surface area (Å²) in [4.78, 5) is 0. The van der Waals surface area contributed by atoms with Crippen LogP contribution in [0.4, 0.5) is 5.69 Å². The monoisotopic (exact) mass is 313 g/mol. The van der Waals surface area contributed by atoms with E-state index in [1.165, 1.54) is 16.8 Å². The molecular formula is C15H24BrNO. The van der Waals surface area contributed by atoms with Gasteiger partial charge in [-0.05, 0) is 74.2 Å². The van der Waals surface area contributed by atoms with Crippen molar-refractivity contribution in [2.24, 2.45) is 0 Å². The van der Waals surface area contributed by atoms with E-state index in [9.17, 15) is 0 Å². The summed E-state index contributed by atoms with van der Waals surface area (Å²) in [6.07, 6.45) is 0.962. The molecule has 0 aliphatic heterocycles. The van der Waals surface area contributed by atoms with Crippen LogP contribution in [0, 0.1) is 13.8 Å². The van der Waals surface area contributed by atoms with Crippen LogP contribution in [0.1, 0.15) is 38.3 Å². The molecule has 0 bridgehead atoms. The van der Waals surface area contributed by atoms with Gasteiger partial charge in [-0.25, -0.2) is 0 Å². The summed E-state index contributed by atoms with van der Waals surface area (Å²) >= 11 is 3.63. The molecule has 1 unspecified atom stereocenters. The lowest BCUT2D eigenvalue weighted by Crippen LogP contribution is -2.31. The van der Waals surface area contributed by atoms with Gasteiger partial charge >= 0.3 is 0 Å². The summed E-state index contributed by atoms with van der Waals surface area (Å²) in [6.45, 7) is 10.7. The van der Waals surface area contributed by atoms with Gasteiger partial charge in [-0.1, -0.05) is 6.07 Å². The average Bonchev–Trinajstić information content (AvgIpc) is 2.22. The molecule has 0 aromatic heterocycles. The fourth-order valence-corrected chi connectivity index (χ4v) is 3.00. The van der Waals surface area contributed by atoms with Crippen LogP contribution < -0.4 is 5.32 Å². The Kier molecular flexibility index (Phi) is 5.23. The van der Waals surface area contributed by atoms with Gasteiger partial charge < -0.3 is 10.1 Å². The van der Waals surface area contributed by atoms with E-state index in [4.69, 9.17) is 4.74 Å². The average molecular weight is 314 g/mol. The molecule has 1 N–H and O–H groups in total.